The summed E-state index contributed by atoms with van der Waals surface area (Å²) in [6, 6.07) is 8.77. The number of benzene rings is 1. The quantitative estimate of drug-likeness (QED) is 0.368. The lowest BCUT2D eigenvalue weighted by Gasteiger charge is -2.22. The molecule has 1 amide bonds. The van der Waals surface area contributed by atoms with Crippen LogP contribution >= 0.6 is 0 Å². The number of nitrogens with one attached hydrogen (secondary N) is 1. The van der Waals surface area contributed by atoms with E-state index >= 15 is 0 Å². The lowest BCUT2D eigenvalue weighted by atomic mass is 10.1. The molecular weight excluding hydrogens is 390 g/mol. The summed E-state index contributed by atoms with van der Waals surface area (Å²) in [7, 11) is -1.39. The average Bonchev–Trinajstić information content (AvgIpc) is 2.57. The highest BCUT2D eigenvalue weighted by Gasteiger charge is 2.29. The predicted molar refractivity (Wildman–Crippen MR) is 113 cm³/mol. The molecule has 7 nitrogen and oxygen atoms in total. The second kappa shape index (κ2) is 11.0. The van der Waals surface area contributed by atoms with Crippen LogP contribution in [-0.2, 0) is 30.4 Å². The Kier molecular flexibility index (Phi) is 9.36. The topological polar surface area (TPSA) is 90.9 Å². The summed E-state index contributed by atoms with van der Waals surface area (Å²) < 4.78 is 15.7. The van der Waals surface area contributed by atoms with Crippen LogP contribution < -0.4 is 5.32 Å². The summed E-state index contributed by atoms with van der Waals surface area (Å²) in [5.41, 5.74) is 0.112. The molecule has 0 saturated carbocycles. The first kappa shape index (κ1) is 24.7. The van der Waals surface area contributed by atoms with Gasteiger partial charge in [0.2, 0.25) is 0 Å². The van der Waals surface area contributed by atoms with Gasteiger partial charge in [-0.05, 0) is 32.4 Å². The van der Waals surface area contributed by atoms with Gasteiger partial charge in [0.1, 0.15) is 18.2 Å². The lowest BCUT2D eigenvalue weighted by molar-refractivity contribution is -0.159. The molecule has 0 aliphatic rings. The smallest absolute Gasteiger partial charge is 0.408 e. The Bertz CT molecular complexity index is 679. The molecule has 1 aromatic rings. The van der Waals surface area contributed by atoms with E-state index in [9.17, 15) is 14.4 Å². The highest BCUT2D eigenvalue weighted by molar-refractivity contribution is 6.76. The van der Waals surface area contributed by atoms with Crippen molar-refractivity contribution in [3.63, 3.8) is 0 Å². The van der Waals surface area contributed by atoms with Crippen LogP contribution in [0.5, 0.6) is 0 Å². The van der Waals surface area contributed by atoms with Crippen LogP contribution in [0.1, 0.15) is 32.8 Å². The Hall–Kier alpha value is -2.35. The zero-order valence-corrected chi connectivity index (χ0v) is 19.2. The maximum absolute atomic E-state index is 12.5. The van der Waals surface area contributed by atoms with Gasteiger partial charge in [-0.1, -0.05) is 50.0 Å². The van der Waals surface area contributed by atoms with Crippen LogP contribution in [-0.4, -0.2) is 44.4 Å². The normalized spacial score (nSPS) is 12.6. The van der Waals surface area contributed by atoms with E-state index in [0.717, 1.165) is 11.6 Å². The molecule has 1 rings (SSSR count). The predicted octanol–water partition coefficient (Wildman–Crippen LogP) is 3.89. The summed E-state index contributed by atoms with van der Waals surface area (Å²) in [4.78, 5) is 36.8. The van der Waals surface area contributed by atoms with E-state index in [1.54, 1.807) is 20.8 Å². The van der Waals surface area contributed by atoms with Gasteiger partial charge in [0, 0.05) is 8.07 Å². The Labute approximate surface area is 174 Å². The maximum Gasteiger partial charge on any atom is 0.408 e. The van der Waals surface area contributed by atoms with E-state index in [0.29, 0.717) is 0 Å². The van der Waals surface area contributed by atoms with E-state index < -0.39 is 37.7 Å². The van der Waals surface area contributed by atoms with Crippen molar-refractivity contribution in [2.45, 2.75) is 71.1 Å². The minimum Gasteiger partial charge on any atom is -0.464 e. The minimum atomic E-state index is -1.39. The first-order valence-electron chi connectivity index (χ1n) is 9.71. The lowest BCUT2D eigenvalue weighted by Crippen LogP contribution is -2.44. The zero-order valence-electron chi connectivity index (χ0n) is 18.2. The number of amides is 1. The van der Waals surface area contributed by atoms with Gasteiger partial charge in [-0.15, -0.1) is 0 Å². The van der Waals surface area contributed by atoms with Crippen molar-refractivity contribution in [2.24, 2.45) is 0 Å². The van der Waals surface area contributed by atoms with Crippen LogP contribution in [0.4, 0.5) is 4.79 Å². The SMILES string of the molecule is CC(C)(C)OC(=O)CC(NC(=O)OCc1ccccc1)C(=O)OCC[Si](C)(C)C. The van der Waals surface area contributed by atoms with E-state index in [2.05, 4.69) is 25.0 Å². The van der Waals surface area contributed by atoms with Crippen LogP contribution in [0.25, 0.3) is 0 Å². The summed E-state index contributed by atoms with van der Waals surface area (Å²) >= 11 is 0. The van der Waals surface area contributed by atoms with Crippen LogP contribution in [0, 0.1) is 0 Å². The van der Waals surface area contributed by atoms with Crippen molar-refractivity contribution in [2.75, 3.05) is 6.61 Å². The van der Waals surface area contributed by atoms with Gasteiger partial charge < -0.3 is 19.5 Å². The molecular formula is C21H33NO6Si. The number of carbonyl (C=O) groups excluding carboxylic acids is 3. The molecule has 29 heavy (non-hydrogen) atoms. The molecule has 1 unspecified atom stereocenters. The molecule has 0 aromatic heterocycles. The number of ether oxygens (including phenoxy) is 3. The van der Waals surface area contributed by atoms with E-state index in [-0.39, 0.29) is 19.6 Å². The standard InChI is InChI=1S/C21H33NO6Si/c1-21(2,3)28-18(23)14-17(19(24)26-12-13-29(4,5)6)22-20(25)27-15-16-10-8-7-9-11-16/h7-11,17H,12-15H2,1-6H3,(H,22,25). The number of hydrogen-bond acceptors (Lipinski definition) is 6. The summed E-state index contributed by atoms with van der Waals surface area (Å²) in [5.74, 6) is -1.28. The molecule has 0 aliphatic heterocycles. The first-order chi connectivity index (χ1) is 13.4. The monoisotopic (exact) mass is 423 g/mol. The van der Waals surface area contributed by atoms with Crippen molar-refractivity contribution >= 4 is 26.1 Å². The van der Waals surface area contributed by atoms with Crippen LogP contribution in [0.15, 0.2) is 30.3 Å². The minimum absolute atomic E-state index is 0.0521. The maximum atomic E-state index is 12.5. The van der Waals surface area contributed by atoms with Crippen molar-refractivity contribution in [3.8, 4) is 0 Å². The molecule has 0 heterocycles. The number of esters is 2. The number of rotatable bonds is 9. The molecule has 0 radical (unpaired) electrons. The molecule has 1 aromatic carbocycles. The van der Waals surface area contributed by atoms with Gasteiger partial charge in [0.15, 0.2) is 0 Å². The van der Waals surface area contributed by atoms with Gasteiger partial charge in [0.25, 0.3) is 0 Å². The second-order valence-electron chi connectivity index (χ2n) is 9.03. The van der Waals surface area contributed by atoms with E-state index in [1.165, 1.54) is 0 Å². The van der Waals surface area contributed by atoms with Crippen molar-refractivity contribution in [3.05, 3.63) is 35.9 Å². The van der Waals surface area contributed by atoms with Gasteiger partial charge in [0.05, 0.1) is 13.0 Å². The Morgan fingerprint density at radius 2 is 1.66 bits per heavy atom. The third-order valence-corrected chi connectivity index (χ3v) is 5.38. The fourth-order valence-corrected chi connectivity index (χ4v) is 2.92. The first-order valence-corrected chi connectivity index (χ1v) is 13.4. The Balaban J connectivity index is 2.68. The number of carbonyl (C=O) groups is 3. The Morgan fingerprint density at radius 1 is 1.03 bits per heavy atom. The molecule has 0 fully saturated rings. The number of alkyl carbamates (subject to hydrolysis) is 1. The van der Waals surface area contributed by atoms with Crippen molar-refractivity contribution in [1.82, 2.24) is 5.32 Å². The van der Waals surface area contributed by atoms with Crippen molar-refractivity contribution in [1.29, 1.82) is 0 Å². The molecule has 8 heteroatoms. The molecule has 1 atom stereocenters. The number of hydrogen-bond donors (Lipinski definition) is 1. The third-order valence-electron chi connectivity index (χ3n) is 3.68. The molecule has 0 saturated heterocycles. The fourth-order valence-electron chi connectivity index (χ4n) is 2.21. The third kappa shape index (κ3) is 11.9. The molecule has 0 aliphatic carbocycles. The highest BCUT2D eigenvalue weighted by Crippen LogP contribution is 2.12. The molecule has 1 N–H and O–H groups in total. The fraction of sp³-hybridized carbons (Fsp3) is 0.571. The van der Waals surface area contributed by atoms with Gasteiger partial charge in [-0.2, -0.15) is 0 Å². The van der Waals surface area contributed by atoms with Gasteiger partial charge in [-0.25, -0.2) is 9.59 Å². The van der Waals surface area contributed by atoms with Crippen LogP contribution in [0.3, 0.4) is 0 Å². The summed E-state index contributed by atoms with van der Waals surface area (Å²) in [5, 5.41) is 2.43. The molecule has 0 spiro atoms. The van der Waals surface area contributed by atoms with E-state index in [4.69, 9.17) is 14.2 Å². The van der Waals surface area contributed by atoms with Crippen LogP contribution in [0.2, 0.25) is 25.7 Å². The average molecular weight is 424 g/mol. The van der Waals surface area contributed by atoms with E-state index in [1.807, 2.05) is 30.3 Å². The zero-order chi connectivity index (χ0) is 22.1. The van der Waals surface area contributed by atoms with Crippen molar-refractivity contribution < 1.29 is 28.6 Å². The highest BCUT2D eigenvalue weighted by atomic mass is 28.3. The van der Waals surface area contributed by atoms with Gasteiger partial charge in [-0.3, -0.25) is 4.79 Å². The summed E-state index contributed by atoms with van der Waals surface area (Å²) in [6.07, 6.45) is -1.13. The van der Waals surface area contributed by atoms with Gasteiger partial charge >= 0.3 is 18.0 Å². The summed E-state index contributed by atoms with van der Waals surface area (Å²) in [6.45, 7) is 12.0. The second-order valence-corrected chi connectivity index (χ2v) is 14.6. The largest absolute Gasteiger partial charge is 0.464 e. The molecule has 162 valence electrons. The Morgan fingerprint density at radius 3 is 2.21 bits per heavy atom. The molecule has 0 bridgehead atoms.